The van der Waals surface area contributed by atoms with E-state index in [1.807, 2.05) is 0 Å². The first-order chi connectivity index (χ1) is 15.1. The minimum atomic E-state index is -4.98. The van der Waals surface area contributed by atoms with Crippen molar-refractivity contribution in [2.75, 3.05) is 0 Å². The molecule has 1 atom stereocenters. The lowest BCUT2D eigenvalue weighted by Crippen LogP contribution is -2.48. The van der Waals surface area contributed by atoms with Crippen LogP contribution in [0.5, 0.6) is 0 Å². The topological polar surface area (TPSA) is 63.2 Å². The summed E-state index contributed by atoms with van der Waals surface area (Å²) >= 11 is 0. The molecule has 12 heteroatoms. The van der Waals surface area contributed by atoms with Gasteiger partial charge in [0.25, 0.3) is 5.91 Å². The molecule has 2 aromatic rings. The van der Waals surface area contributed by atoms with E-state index in [2.05, 4.69) is 5.32 Å². The molecule has 0 saturated heterocycles. The van der Waals surface area contributed by atoms with Gasteiger partial charge in [0.2, 0.25) is 0 Å². The molecule has 3 rings (SSSR count). The van der Waals surface area contributed by atoms with E-state index in [0.29, 0.717) is 18.2 Å². The summed E-state index contributed by atoms with van der Waals surface area (Å²) < 4.78 is 116. The van der Waals surface area contributed by atoms with Gasteiger partial charge in [-0.05, 0) is 62.1 Å². The first kappa shape index (κ1) is 25.0. The van der Waals surface area contributed by atoms with Gasteiger partial charge in [-0.1, -0.05) is 6.07 Å². The maximum Gasteiger partial charge on any atom is 0.419 e. The van der Waals surface area contributed by atoms with Crippen molar-refractivity contribution in [3.63, 3.8) is 0 Å². The second-order valence-electron chi connectivity index (χ2n) is 7.87. The fraction of sp³-hybridized carbons (Fsp3) is 0.381. The van der Waals surface area contributed by atoms with Crippen LogP contribution in [0.1, 0.15) is 41.3 Å². The highest BCUT2D eigenvalue weighted by Crippen LogP contribution is 2.38. The molecule has 1 unspecified atom stereocenters. The van der Waals surface area contributed by atoms with Crippen LogP contribution in [0.25, 0.3) is 0 Å². The van der Waals surface area contributed by atoms with Gasteiger partial charge in [-0.3, -0.25) is 4.79 Å². The van der Waals surface area contributed by atoms with Gasteiger partial charge in [-0.15, -0.1) is 0 Å². The Hall–Kier alpha value is -2.63. The Morgan fingerprint density at radius 1 is 1.00 bits per heavy atom. The van der Waals surface area contributed by atoms with Crippen LogP contribution in [0.15, 0.2) is 47.4 Å². The number of rotatable bonds is 5. The SMILES string of the molecule is CC(C1CC(NC(=O)c2ccc(F)c(C(F)(F)F)c2)C1)S(=O)(=O)c1cccc(C(F)(F)F)c1. The molecule has 0 aromatic heterocycles. The number of amides is 1. The average molecular weight is 497 g/mol. The van der Waals surface area contributed by atoms with Crippen LogP contribution in [0.3, 0.4) is 0 Å². The number of carbonyl (C=O) groups excluding carboxylic acids is 1. The molecule has 180 valence electrons. The number of nitrogens with one attached hydrogen (secondary N) is 1. The first-order valence-electron chi connectivity index (χ1n) is 9.69. The van der Waals surface area contributed by atoms with Crippen molar-refractivity contribution in [1.29, 1.82) is 0 Å². The molecular weight excluding hydrogens is 479 g/mol. The van der Waals surface area contributed by atoms with Crippen molar-refractivity contribution in [3.8, 4) is 0 Å². The summed E-state index contributed by atoms with van der Waals surface area (Å²) in [5.41, 5.74) is -3.08. The lowest BCUT2D eigenvalue weighted by molar-refractivity contribution is -0.140. The van der Waals surface area contributed by atoms with Crippen molar-refractivity contribution in [3.05, 3.63) is 65.0 Å². The molecule has 0 heterocycles. The molecular formula is C21H18F7NO3S. The summed E-state index contributed by atoms with van der Waals surface area (Å²) in [6.45, 7) is 1.36. The molecule has 1 amide bonds. The normalized spacial score (nSPS) is 20.1. The van der Waals surface area contributed by atoms with Crippen LogP contribution in [-0.4, -0.2) is 25.6 Å². The molecule has 1 saturated carbocycles. The van der Waals surface area contributed by atoms with E-state index in [-0.39, 0.29) is 12.8 Å². The third kappa shape index (κ3) is 5.31. The quantitative estimate of drug-likeness (QED) is 0.576. The first-order valence-corrected chi connectivity index (χ1v) is 11.2. The summed E-state index contributed by atoms with van der Waals surface area (Å²) in [6.07, 6.45) is -9.35. The Morgan fingerprint density at radius 2 is 1.64 bits per heavy atom. The van der Waals surface area contributed by atoms with Crippen molar-refractivity contribution in [2.24, 2.45) is 5.92 Å². The molecule has 0 aliphatic heterocycles. The van der Waals surface area contributed by atoms with Crippen molar-refractivity contribution < 1.29 is 43.9 Å². The van der Waals surface area contributed by atoms with Gasteiger partial charge in [0, 0.05) is 11.6 Å². The van der Waals surface area contributed by atoms with Crippen LogP contribution < -0.4 is 5.32 Å². The average Bonchev–Trinajstić information content (AvgIpc) is 2.68. The Bertz CT molecular complexity index is 1150. The Kier molecular flexibility index (Phi) is 6.53. The summed E-state index contributed by atoms with van der Waals surface area (Å²) in [6, 6.07) is 4.69. The molecule has 1 aliphatic carbocycles. The third-order valence-electron chi connectivity index (χ3n) is 5.69. The minimum Gasteiger partial charge on any atom is -0.349 e. The van der Waals surface area contributed by atoms with Crippen LogP contribution in [0.2, 0.25) is 0 Å². The minimum absolute atomic E-state index is 0.165. The summed E-state index contributed by atoms with van der Waals surface area (Å²) in [4.78, 5) is 11.8. The number of alkyl halides is 6. The van der Waals surface area contributed by atoms with Gasteiger partial charge in [-0.2, -0.15) is 26.3 Å². The molecule has 33 heavy (non-hydrogen) atoms. The second kappa shape index (κ2) is 8.62. The van der Waals surface area contributed by atoms with E-state index in [9.17, 15) is 43.9 Å². The van der Waals surface area contributed by atoms with Gasteiger partial charge in [0.1, 0.15) is 5.82 Å². The van der Waals surface area contributed by atoms with Gasteiger partial charge in [0.05, 0.1) is 21.3 Å². The molecule has 2 aromatic carbocycles. The highest BCUT2D eigenvalue weighted by atomic mass is 32.2. The van der Waals surface area contributed by atoms with Gasteiger partial charge in [-0.25, -0.2) is 12.8 Å². The lowest BCUT2D eigenvalue weighted by atomic mass is 9.78. The van der Waals surface area contributed by atoms with Gasteiger partial charge >= 0.3 is 12.4 Å². The van der Waals surface area contributed by atoms with Crippen LogP contribution >= 0.6 is 0 Å². The fourth-order valence-corrected chi connectivity index (χ4v) is 5.35. The maximum absolute atomic E-state index is 13.4. The summed E-state index contributed by atoms with van der Waals surface area (Å²) in [5, 5.41) is 1.42. The van der Waals surface area contributed by atoms with Gasteiger partial charge in [0.15, 0.2) is 9.84 Å². The van der Waals surface area contributed by atoms with E-state index in [0.717, 1.165) is 24.3 Å². The number of halogens is 7. The molecule has 0 bridgehead atoms. The summed E-state index contributed by atoms with van der Waals surface area (Å²) in [5.74, 6) is -2.87. The van der Waals surface area contributed by atoms with Crippen molar-refractivity contribution in [1.82, 2.24) is 5.32 Å². The lowest BCUT2D eigenvalue weighted by Gasteiger charge is -2.39. The summed E-state index contributed by atoms with van der Waals surface area (Å²) in [7, 11) is -4.09. The molecule has 4 nitrogen and oxygen atoms in total. The predicted octanol–water partition coefficient (Wildman–Crippen LogP) is 5.23. The van der Waals surface area contributed by atoms with Crippen molar-refractivity contribution in [2.45, 2.75) is 48.3 Å². The number of hydrogen-bond donors (Lipinski definition) is 1. The zero-order valence-electron chi connectivity index (χ0n) is 17.0. The molecule has 0 radical (unpaired) electrons. The number of benzene rings is 2. The number of hydrogen-bond acceptors (Lipinski definition) is 3. The van der Waals surface area contributed by atoms with Crippen LogP contribution in [-0.2, 0) is 22.2 Å². The zero-order chi connectivity index (χ0) is 24.8. The van der Waals surface area contributed by atoms with E-state index in [4.69, 9.17) is 0 Å². The Morgan fingerprint density at radius 3 is 2.21 bits per heavy atom. The molecule has 1 N–H and O–H groups in total. The highest BCUT2D eigenvalue weighted by molar-refractivity contribution is 7.92. The van der Waals surface area contributed by atoms with E-state index < -0.39 is 72.7 Å². The van der Waals surface area contributed by atoms with E-state index >= 15 is 0 Å². The zero-order valence-corrected chi connectivity index (χ0v) is 17.8. The van der Waals surface area contributed by atoms with Crippen LogP contribution in [0, 0.1) is 11.7 Å². The third-order valence-corrected chi connectivity index (χ3v) is 7.96. The fourth-order valence-electron chi connectivity index (χ4n) is 3.63. The molecule has 1 fully saturated rings. The molecule has 0 spiro atoms. The largest absolute Gasteiger partial charge is 0.419 e. The van der Waals surface area contributed by atoms with Gasteiger partial charge < -0.3 is 5.32 Å². The predicted molar refractivity (Wildman–Crippen MR) is 103 cm³/mol. The van der Waals surface area contributed by atoms with E-state index in [1.165, 1.54) is 6.92 Å². The Balaban J connectivity index is 1.65. The molecule has 1 aliphatic rings. The highest BCUT2D eigenvalue weighted by Gasteiger charge is 2.41. The Labute approximate surface area is 184 Å². The number of sulfone groups is 1. The maximum atomic E-state index is 13.4. The van der Waals surface area contributed by atoms with Crippen LogP contribution in [0.4, 0.5) is 30.7 Å². The van der Waals surface area contributed by atoms with Crippen molar-refractivity contribution >= 4 is 15.7 Å². The van der Waals surface area contributed by atoms with E-state index in [1.54, 1.807) is 0 Å². The number of carbonyl (C=O) groups is 1. The monoisotopic (exact) mass is 497 g/mol. The standard InChI is InChI=1S/C21H18F7NO3S/c1-11(33(31,32)16-4-2-3-14(10-16)20(23,24)25)13-7-15(8-13)29-19(30)12-5-6-18(22)17(9-12)21(26,27)28/h2-6,9-11,13,15H,7-8H2,1H3,(H,29,30). The second-order valence-corrected chi connectivity index (χ2v) is 10.2. The smallest absolute Gasteiger partial charge is 0.349 e.